The Labute approximate surface area is 149 Å². The van der Waals surface area contributed by atoms with Gasteiger partial charge in [-0.05, 0) is 37.1 Å². The molecule has 0 saturated carbocycles. The fourth-order valence-corrected chi connectivity index (χ4v) is 3.10. The number of hydrogen-bond acceptors (Lipinski definition) is 5. The summed E-state index contributed by atoms with van der Waals surface area (Å²) in [6, 6.07) is 7.38. The summed E-state index contributed by atoms with van der Waals surface area (Å²) in [7, 11) is 1.85. The Hall–Kier alpha value is -1.63. The summed E-state index contributed by atoms with van der Waals surface area (Å²) < 4.78 is 16.6. The lowest BCUT2D eigenvalue weighted by molar-refractivity contribution is 0.0338. The van der Waals surface area contributed by atoms with Crippen LogP contribution in [0.15, 0.2) is 24.3 Å². The Balaban J connectivity index is 1.44. The van der Waals surface area contributed by atoms with Crippen LogP contribution in [-0.2, 0) is 9.47 Å². The molecule has 2 saturated heterocycles. The highest BCUT2D eigenvalue weighted by atomic mass is 16.5. The number of hydrogen-bond donors (Lipinski definition) is 0. The van der Waals surface area contributed by atoms with E-state index in [1.807, 2.05) is 31.3 Å². The highest BCUT2D eigenvalue weighted by Gasteiger charge is 2.17. The molecule has 0 N–H and O–H groups in total. The van der Waals surface area contributed by atoms with Crippen LogP contribution in [0.1, 0.15) is 23.2 Å². The molecule has 2 heterocycles. The van der Waals surface area contributed by atoms with Crippen molar-refractivity contribution in [3.05, 3.63) is 29.8 Å². The van der Waals surface area contributed by atoms with Crippen LogP contribution >= 0.6 is 0 Å². The minimum absolute atomic E-state index is 0.0407. The molecule has 0 spiro atoms. The predicted molar refractivity (Wildman–Crippen MR) is 95.1 cm³/mol. The van der Waals surface area contributed by atoms with Crippen LogP contribution < -0.4 is 4.74 Å². The van der Waals surface area contributed by atoms with Crippen molar-refractivity contribution < 1.29 is 19.0 Å². The maximum Gasteiger partial charge on any atom is 0.253 e. The molecule has 138 valence electrons. The van der Waals surface area contributed by atoms with Crippen LogP contribution in [0.3, 0.4) is 0 Å². The highest BCUT2D eigenvalue weighted by Crippen LogP contribution is 2.17. The van der Waals surface area contributed by atoms with Crippen molar-refractivity contribution in [2.45, 2.75) is 18.9 Å². The number of carbonyl (C=O) groups excluding carboxylic acids is 1. The lowest BCUT2D eigenvalue weighted by Gasteiger charge is -2.28. The van der Waals surface area contributed by atoms with Crippen molar-refractivity contribution in [3.63, 3.8) is 0 Å². The van der Waals surface area contributed by atoms with Crippen LogP contribution in [0.5, 0.6) is 5.75 Å². The summed E-state index contributed by atoms with van der Waals surface area (Å²) in [6.07, 6.45) is 2.37. The van der Waals surface area contributed by atoms with Crippen molar-refractivity contribution in [2.24, 2.45) is 0 Å². The number of likely N-dealkylation sites (N-methyl/N-ethyl adjacent to an activating group) is 1. The third-order valence-electron chi connectivity index (χ3n) is 4.76. The third-order valence-corrected chi connectivity index (χ3v) is 4.76. The maximum atomic E-state index is 12.5. The molecule has 3 rings (SSSR count). The second-order valence-corrected chi connectivity index (χ2v) is 6.65. The van der Waals surface area contributed by atoms with Crippen LogP contribution in [-0.4, -0.2) is 81.5 Å². The van der Waals surface area contributed by atoms with Crippen LogP contribution in [0.25, 0.3) is 0 Å². The van der Waals surface area contributed by atoms with Crippen LogP contribution in [0.2, 0.25) is 0 Å². The van der Waals surface area contributed by atoms with Crippen molar-refractivity contribution >= 4 is 5.91 Å². The largest absolute Gasteiger partial charge is 0.491 e. The van der Waals surface area contributed by atoms with Gasteiger partial charge in [-0.2, -0.15) is 0 Å². The van der Waals surface area contributed by atoms with Gasteiger partial charge < -0.3 is 19.1 Å². The number of amides is 1. The van der Waals surface area contributed by atoms with Crippen LogP contribution in [0, 0.1) is 0 Å². The summed E-state index contributed by atoms with van der Waals surface area (Å²) in [6.45, 7) is 6.46. The first kappa shape index (κ1) is 18.2. The number of nitrogens with zero attached hydrogens (tertiary/aromatic N) is 2. The Morgan fingerprint density at radius 3 is 2.68 bits per heavy atom. The van der Waals surface area contributed by atoms with Crippen LogP contribution in [0.4, 0.5) is 0 Å². The molecule has 1 aromatic rings. The molecule has 2 aliphatic heterocycles. The van der Waals surface area contributed by atoms with Crippen molar-refractivity contribution in [1.29, 1.82) is 0 Å². The number of morpholine rings is 1. The van der Waals surface area contributed by atoms with Gasteiger partial charge in [0.15, 0.2) is 0 Å². The average Bonchev–Trinajstić information content (AvgIpc) is 3.19. The van der Waals surface area contributed by atoms with Gasteiger partial charge in [0.2, 0.25) is 0 Å². The SMILES string of the molecule is CN(CCN1CCOCC1)C(=O)c1ccc(OC[C@@H]2CCCO2)cc1. The van der Waals surface area contributed by atoms with E-state index < -0.39 is 0 Å². The van der Waals surface area contributed by atoms with E-state index in [9.17, 15) is 4.79 Å². The molecule has 2 fully saturated rings. The Kier molecular flexibility index (Phi) is 6.67. The number of ether oxygens (including phenoxy) is 3. The normalized spacial score (nSPS) is 21.2. The molecule has 6 nitrogen and oxygen atoms in total. The molecule has 2 aliphatic rings. The molecule has 1 aromatic carbocycles. The van der Waals surface area contributed by atoms with Crippen molar-refractivity contribution in [3.8, 4) is 5.75 Å². The topological polar surface area (TPSA) is 51.2 Å². The smallest absolute Gasteiger partial charge is 0.253 e. The molecular weight excluding hydrogens is 320 g/mol. The molecule has 6 heteroatoms. The van der Waals surface area contributed by atoms with Gasteiger partial charge in [-0.25, -0.2) is 0 Å². The fourth-order valence-electron chi connectivity index (χ4n) is 3.10. The second kappa shape index (κ2) is 9.17. The maximum absolute atomic E-state index is 12.5. The number of benzene rings is 1. The lowest BCUT2D eigenvalue weighted by Crippen LogP contribution is -2.41. The van der Waals surface area contributed by atoms with E-state index in [1.54, 1.807) is 4.90 Å². The Morgan fingerprint density at radius 2 is 2.00 bits per heavy atom. The van der Waals surface area contributed by atoms with E-state index in [1.165, 1.54) is 0 Å². The third kappa shape index (κ3) is 5.42. The fraction of sp³-hybridized carbons (Fsp3) is 0.632. The van der Waals surface area contributed by atoms with E-state index >= 15 is 0 Å². The molecule has 1 atom stereocenters. The molecule has 0 radical (unpaired) electrons. The van der Waals surface area contributed by atoms with Gasteiger partial charge in [0, 0.05) is 45.4 Å². The summed E-state index contributed by atoms with van der Waals surface area (Å²) in [5, 5.41) is 0. The first-order valence-corrected chi connectivity index (χ1v) is 9.12. The number of carbonyl (C=O) groups is 1. The quantitative estimate of drug-likeness (QED) is 0.750. The minimum Gasteiger partial charge on any atom is -0.491 e. The first-order chi connectivity index (χ1) is 12.2. The molecule has 0 bridgehead atoms. The molecule has 1 amide bonds. The van der Waals surface area contributed by atoms with Gasteiger partial charge in [-0.1, -0.05) is 0 Å². The summed E-state index contributed by atoms with van der Waals surface area (Å²) in [4.78, 5) is 16.6. The zero-order valence-corrected chi connectivity index (χ0v) is 15.0. The molecule has 25 heavy (non-hydrogen) atoms. The van der Waals surface area contributed by atoms with Gasteiger partial charge >= 0.3 is 0 Å². The number of rotatable bonds is 7. The van der Waals surface area contributed by atoms with Gasteiger partial charge in [0.1, 0.15) is 12.4 Å². The van der Waals surface area contributed by atoms with E-state index in [2.05, 4.69) is 4.90 Å². The average molecular weight is 348 g/mol. The van der Waals surface area contributed by atoms with E-state index in [-0.39, 0.29) is 12.0 Å². The van der Waals surface area contributed by atoms with Gasteiger partial charge in [0.25, 0.3) is 5.91 Å². The summed E-state index contributed by atoms with van der Waals surface area (Å²) in [5.41, 5.74) is 0.689. The van der Waals surface area contributed by atoms with E-state index in [0.29, 0.717) is 12.2 Å². The highest BCUT2D eigenvalue weighted by molar-refractivity contribution is 5.94. The minimum atomic E-state index is 0.0407. The lowest BCUT2D eigenvalue weighted by atomic mass is 10.2. The zero-order valence-electron chi connectivity index (χ0n) is 15.0. The Morgan fingerprint density at radius 1 is 1.24 bits per heavy atom. The van der Waals surface area contributed by atoms with Crippen molar-refractivity contribution in [1.82, 2.24) is 9.80 Å². The van der Waals surface area contributed by atoms with E-state index in [4.69, 9.17) is 14.2 Å². The summed E-state index contributed by atoms with van der Waals surface area (Å²) in [5.74, 6) is 0.821. The monoisotopic (exact) mass is 348 g/mol. The molecule has 0 aliphatic carbocycles. The van der Waals surface area contributed by atoms with E-state index in [0.717, 1.165) is 64.6 Å². The predicted octanol–water partition coefficient (Wildman–Crippen LogP) is 1.65. The summed E-state index contributed by atoms with van der Waals surface area (Å²) >= 11 is 0. The van der Waals surface area contributed by atoms with Gasteiger partial charge in [-0.3, -0.25) is 9.69 Å². The first-order valence-electron chi connectivity index (χ1n) is 9.12. The van der Waals surface area contributed by atoms with Crippen molar-refractivity contribution in [2.75, 3.05) is 59.7 Å². The van der Waals surface area contributed by atoms with Gasteiger partial charge in [0.05, 0.1) is 19.3 Å². The molecule has 0 unspecified atom stereocenters. The Bertz CT molecular complexity index is 537. The molecular formula is C19H28N2O4. The second-order valence-electron chi connectivity index (χ2n) is 6.65. The zero-order chi connectivity index (χ0) is 17.5. The standard InChI is InChI=1S/C19H28N2O4/c1-20(8-9-21-10-13-23-14-11-21)19(22)16-4-6-17(7-5-16)25-15-18-3-2-12-24-18/h4-7,18H,2-3,8-15H2,1H3/t18-/m0/s1. The van der Waals surface area contributed by atoms with Gasteiger partial charge in [-0.15, -0.1) is 0 Å². The molecule has 0 aromatic heterocycles.